The zero-order valence-corrected chi connectivity index (χ0v) is 27.5. The molecule has 1 atom stereocenters. The second kappa shape index (κ2) is 29.1. The van der Waals surface area contributed by atoms with E-state index in [1.807, 2.05) is 0 Å². The van der Waals surface area contributed by atoms with Crippen molar-refractivity contribution in [3.63, 3.8) is 0 Å². The zero-order chi connectivity index (χ0) is 24.5. The Morgan fingerprint density at radius 2 is 0.647 bits per heavy atom. The van der Waals surface area contributed by atoms with Crippen molar-refractivity contribution in [3.8, 4) is 0 Å². The summed E-state index contributed by atoms with van der Waals surface area (Å²) in [5.74, 6) is 0. The molecule has 0 saturated heterocycles. The monoisotopic (exact) mass is 526 g/mol. The van der Waals surface area contributed by atoms with Crippen LogP contribution in [0.15, 0.2) is 0 Å². The zero-order valence-electron chi connectivity index (χ0n) is 23.6. The van der Waals surface area contributed by atoms with Crippen LogP contribution in [-0.2, 0) is 10.1 Å². The van der Waals surface area contributed by atoms with Crippen LogP contribution in [0, 0.1) is 0 Å². The molecule has 0 spiro atoms. The molecule has 5 heteroatoms. The Bertz CT molecular complexity index is 482. The van der Waals surface area contributed by atoms with E-state index in [4.69, 9.17) is 0 Å². The fourth-order valence-electron chi connectivity index (χ4n) is 4.86. The molecule has 34 heavy (non-hydrogen) atoms. The van der Waals surface area contributed by atoms with Crippen LogP contribution in [0.5, 0.6) is 0 Å². The van der Waals surface area contributed by atoms with E-state index in [0.29, 0.717) is 12.8 Å². The molecular formula is C29H59KO3S. The third kappa shape index (κ3) is 28.1. The maximum Gasteiger partial charge on any atom is 1.00 e. The Kier molecular flexibility index (Phi) is 32.3. The molecule has 0 heterocycles. The van der Waals surface area contributed by atoms with Crippen LogP contribution in [0.2, 0.25) is 0 Å². The molecule has 200 valence electrons. The quantitative estimate of drug-likeness (QED) is 0.0652. The normalized spacial score (nSPS) is 12.6. The fraction of sp³-hybridized carbons (Fsp3) is 1.00. The van der Waals surface area contributed by atoms with E-state index in [2.05, 4.69) is 13.8 Å². The van der Waals surface area contributed by atoms with E-state index in [9.17, 15) is 13.0 Å². The van der Waals surface area contributed by atoms with Crippen LogP contribution in [0.4, 0.5) is 0 Å². The van der Waals surface area contributed by atoms with Gasteiger partial charge in [-0.1, -0.05) is 168 Å². The average Bonchev–Trinajstić information content (AvgIpc) is 2.78. The Morgan fingerprint density at radius 3 is 0.853 bits per heavy atom. The van der Waals surface area contributed by atoms with Gasteiger partial charge in [0.1, 0.15) is 0 Å². The molecular weight excluding hydrogens is 467 g/mol. The van der Waals surface area contributed by atoms with Crippen molar-refractivity contribution < 1.29 is 64.4 Å². The SMILES string of the molecule is CCCCCCCCCCCCCCCCCCC(CCCCCCCCCC)S(=O)(=O)[O-].[K+]. The van der Waals surface area contributed by atoms with E-state index in [1.54, 1.807) is 0 Å². The Labute approximate surface area is 258 Å². The average molecular weight is 527 g/mol. The van der Waals surface area contributed by atoms with Crippen molar-refractivity contribution in [2.24, 2.45) is 0 Å². The maximum absolute atomic E-state index is 11.6. The van der Waals surface area contributed by atoms with Gasteiger partial charge in [-0.25, -0.2) is 8.42 Å². The molecule has 1 unspecified atom stereocenters. The molecule has 0 aliphatic rings. The van der Waals surface area contributed by atoms with E-state index < -0.39 is 15.4 Å². The molecule has 0 saturated carbocycles. The van der Waals surface area contributed by atoms with Crippen molar-refractivity contribution in [3.05, 3.63) is 0 Å². The third-order valence-electron chi connectivity index (χ3n) is 7.17. The standard InChI is InChI=1S/C29H60O3S.K/c1-3-5-7-9-11-13-14-15-16-17-18-19-20-22-24-26-28-29(33(30,31)32)27-25-23-21-12-10-8-6-4-2;/h29H,3-28H2,1-2H3,(H,30,31,32);/q;+1/p-1. The van der Waals surface area contributed by atoms with Crippen molar-refractivity contribution in [1.29, 1.82) is 0 Å². The molecule has 0 fully saturated rings. The van der Waals surface area contributed by atoms with Gasteiger partial charge in [-0.15, -0.1) is 0 Å². The molecule has 0 aromatic heterocycles. The van der Waals surface area contributed by atoms with Gasteiger partial charge in [0.25, 0.3) is 0 Å². The minimum atomic E-state index is -4.14. The predicted molar refractivity (Wildman–Crippen MR) is 145 cm³/mol. The van der Waals surface area contributed by atoms with Gasteiger partial charge in [-0.3, -0.25) is 0 Å². The minimum Gasteiger partial charge on any atom is -0.748 e. The molecule has 0 amide bonds. The summed E-state index contributed by atoms with van der Waals surface area (Å²) in [6, 6.07) is 0. The van der Waals surface area contributed by atoms with Crippen LogP contribution in [-0.4, -0.2) is 18.2 Å². The molecule has 0 bridgehead atoms. The van der Waals surface area contributed by atoms with Gasteiger partial charge in [0, 0.05) is 5.25 Å². The first-order valence-corrected chi connectivity index (χ1v) is 16.4. The van der Waals surface area contributed by atoms with Crippen molar-refractivity contribution in [2.45, 2.75) is 186 Å². The Balaban J connectivity index is 0. The second-order valence-electron chi connectivity index (χ2n) is 10.5. The van der Waals surface area contributed by atoms with Crippen molar-refractivity contribution in [1.82, 2.24) is 0 Å². The first kappa shape index (κ1) is 37.7. The molecule has 3 nitrogen and oxygen atoms in total. The topological polar surface area (TPSA) is 57.2 Å². The first-order chi connectivity index (χ1) is 16.0. The fourth-order valence-corrected chi connectivity index (χ4v) is 5.77. The summed E-state index contributed by atoms with van der Waals surface area (Å²) in [6.45, 7) is 4.50. The van der Waals surface area contributed by atoms with Crippen LogP contribution in [0.25, 0.3) is 0 Å². The largest absolute Gasteiger partial charge is 1.00 e. The van der Waals surface area contributed by atoms with Gasteiger partial charge in [0.05, 0.1) is 10.1 Å². The number of hydrogen-bond donors (Lipinski definition) is 0. The van der Waals surface area contributed by atoms with Crippen LogP contribution < -0.4 is 51.4 Å². The number of rotatable bonds is 27. The van der Waals surface area contributed by atoms with E-state index in [0.717, 1.165) is 25.7 Å². The summed E-state index contributed by atoms with van der Waals surface area (Å²) in [7, 11) is -4.14. The first-order valence-electron chi connectivity index (χ1n) is 15.0. The molecule has 0 rings (SSSR count). The third-order valence-corrected chi connectivity index (χ3v) is 8.46. The van der Waals surface area contributed by atoms with Crippen LogP contribution in [0.3, 0.4) is 0 Å². The Morgan fingerprint density at radius 1 is 0.441 bits per heavy atom. The maximum atomic E-state index is 11.6. The molecule has 0 radical (unpaired) electrons. The van der Waals surface area contributed by atoms with Crippen LogP contribution in [0.1, 0.15) is 181 Å². The minimum absolute atomic E-state index is 0. The van der Waals surface area contributed by atoms with E-state index in [-0.39, 0.29) is 51.4 Å². The number of hydrogen-bond acceptors (Lipinski definition) is 3. The molecule has 0 aliphatic carbocycles. The van der Waals surface area contributed by atoms with Crippen LogP contribution >= 0.6 is 0 Å². The van der Waals surface area contributed by atoms with Gasteiger partial charge in [-0.2, -0.15) is 0 Å². The Hall–Kier alpha value is 1.55. The summed E-state index contributed by atoms with van der Waals surface area (Å²) in [4.78, 5) is 0. The van der Waals surface area contributed by atoms with Gasteiger partial charge in [-0.05, 0) is 12.8 Å². The second-order valence-corrected chi connectivity index (χ2v) is 12.1. The smallest absolute Gasteiger partial charge is 0.748 e. The van der Waals surface area contributed by atoms with Crippen molar-refractivity contribution in [2.75, 3.05) is 0 Å². The summed E-state index contributed by atoms with van der Waals surface area (Å²) >= 11 is 0. The number of unbranched alkanes of at least 4 members (excludes halogenated alkanes) is 22. The molecule has 0 aromatic carbocycles. The van der Waals surface area contributed by atoms with E-state index in [1.165, 1.54) is 128 Å². The summed E-state index contributed by atoms with van der Waals surface area (Å²) in [6.07, 6.45) is 31.7. The van der Waals surface area contributed by atoms with Gasteiger partial charge >= 0.3 is 51.4 Å². The molecule has 0 aliphatic heterocycles. The summed E-state index contributed by atoms with van der Waals surface area (Å²) in [5, 5.41) is -0.649. The van der Waals surface area contributed by atoms with E-state index >= 15 is 0 Å². The summed E-state index contributed by atoms with van der Waals surface area (Å²) < 4.78 is 34.8. The van der Waals surface area contributed by atoms with Crippen molar-refractivity contribution >= 4 is 10.1 Å². The van der Waals surface area contributed by atoms with Gasteiger partial charge in [0.15, 0.2) is 0 Å². The predicted octanol–water partition coefficient (Wildman–Crippen LogP) is 7.09. The van der Waals surface area contributed by atoms with Gasteiger partial charge < -0.3 is 4.55 Å². The molecule has 0 N–H and O–H groups in total. The summed E-state index contributed by atoms with van der Waals surface area (Å²) in [5.41, 5.74) is 0. The molecule has 0 aromatic rings. The van der Waals surface area contributed by atoms with Gasteiger partial charge in [0.2, 0.25) is 0 Å².